The Morgan fingerprint density at radius 1 is 0.613 bits per heavy atom. The van der Waals surface area contributed by atoms with E-state index in [4.69, 9.17) is 10.8 Å². The first-order valence-corrected chi connectivity index (χ1v) is 23.9. The molecule has 75 heavy (non-hydrogen) atoms. The van der Waals surface area contributed by atoms with E-state index in [9.17, 15) is 28.8 Å². The Labute approximate surface area is 427 Å². The molecular formula is C48H58N20O7. The second kappa shape index (κ2) is 20.5. The van der Waals surface area contributed by atoms with Gasteiger partial charge in [-0.1, -0.05) is 0 Å². The zero-order valence-corrected chi connectivity index (χ0v) is 43.2. The molecule has 27 heteroatoms. The van der Waals surface area contributed by atoms with E-state index < -0.39 is 46.5 Å². The van der Waals surface area contributed by atoms with E-state index in [1.807, 2.05) is 0 Å². The summed E-state index contributed by atoms with van der Waals surface area (Å²) in [6, 6.07) is 1.50. The number of nitrogens with zero attached hydrogens (tertiary/aromatic N) is 18. The van der Waals surface area contributed by atoms with Crippen molar-refractivity contribution in [2.24, 2.45) is 28.2 Å². The number of aromatic nitrogens is 16. The van der Waals surface area contributed by atoms with E-state index >= 15 is 0 Å². The van der Waals surface area contributed by atoms with Gasteiger partial charge in [-0.2, -0.15) is 0 Å². The average Bonchev–Trinajstić information content (AvgIpc) is 4.21. The molecule has 0 radical (unpaired) electrons. The van der Waals surface area contributed by atoms with Crippen LogP contribution in [0.3, 0.4) is 0 Å². The molecule has 2 fully saturated rings. The lowest BCUT2D eigenvalue weighted by atomic mass is 10.0. The second-order valence-electron chi connectivity index (χ2n) is 19.5. The van der Waals surface area contributed by atoms with Crippen LogP contribution in [0.4, 0.5) is 23.5 Å². The molecule has 4 N–H and O–H groups in total. The quantitative estimate of drug-likeness (QED) is 0.187. The third-order valence-corrected chi connectivity index (χ3v) is 13.6. The summed E-state index contributed by atoms with van der Waals surface area (Å²) in [5.74, 6) is 1.59. The summed E-state index contributed by atoms with van der Waals surface area (Å²) < 4.78 is 7.09. The summed E-state index contributed by atoms with van der Waals surface area (Å²) in [6.45, 7) is 13.8. The van der Waals surface area contributed by atoms with Crippen LogP contribution >= 0.6 is 0 Å². The lowest BCUT2D eigenvalue weighted by Crippen LogP contribution is -2.39. The summed E-state index contributed by atoms with van der Waals surface area (Å²) in [7, 11) is 5.73. The van der Waals surface area contributed by atoms with Crippen LogP contribution in [0.25, 0.3) is 45.1 Å². The summed E-state index contributed by atoms with van der Waals surface area (Å²) in [4.78, 5) is 120. The zero-order valence-electron chi connectivity index (χ0n) is 43.2. The van der Waals surface area contributed by atoms with Crippen molar-refractivity contribution in [3.63, 3.8) is 0 Å². The normalized spacial score (nSPS) is 15.5. The largest absolute Gasteiger partial charge is 0.480 e. The Kier molecular flexibility index (Phi) is 14.3. The van der Waals surface area contributed by atoms with Gasteiger partial charge >= 0.3 is 17.3 Å². The first-order valence-electron chi connectivity index (χ1n) is 23.9. The van der Waals surface area contributed by atoms with Gasteiger partial charge in [-0.15, -0.1) is 0 Å². The van der Waals surface area contributed by atoms with Crippen LogP contribution in [0.1, 0.15) is 79.3 Å². The molecule has 2 saturated heterocycles. The fourth-order valence-electron chi connectivity index (χ4n) is 8.98. The number of fused-ring (bicyclic) bond motifs is 2. The van der Waals surface area contributed by atoms with Crippen molar-refractivity contribution in [3.8, 4) is 22.8 Å². The van der Waals surface area contributed by atoms with Crippen molar-refractivity contribution in [3.05, 3.63) is 104 Å². The van der Waals surface area contributed by atoms with E-state index in [2.05, 4.69) is 92.7 Å². The van der Waals surface area contributed by atoms with Crippen molar-refractivity contribution in [2.75, 3.05) is 33.9 Å². The number of aryl methyl sites for hydroxylation is 2. The monoisotopic (exact) mass is 1030 g/mol. The fraction of sp³-hybridized carbons (Fsp3) is 0.417. The van der Waals surface area contributed by atoms with E-state index in [0.29, 0.717) is 29.0 Å². The predicted molar refractivity (Wildman–Crippen MR) is 278 cm³/mol. The van der Waals surface area contributed by atoms with Gasteiger partial charge in [0.2, 0.25) is 17.8 Å². The first kappa shape index (κ1) is 52.3. The van der Waals surface area contributed by atoms with Crippen LogP contribution in [-0.2, 0) is 37.8 Å². The van der Waals surface area contributed by atoms with Gasteiger partial charge in [0.05, 0.1) is 23.8 Å². The molecule has 10 heterocycles. The highest BCUT2D eigenvalue weighted by atomic mass is 16.4. The summed E-state index contributed by atoms with van der Waals surface area (Å²) in [5.41, 5.74) is 5.77. The molecule has 1 amide bonds. The van der Waals surface area contributed by atoms with Crippen LogP contribution in [0.15, 0.2) is 81.1 Å². The average molecular weight is 1030 g/mol. The highest BCUT2D eigenvalue weighted by Crippen LogP contribution is 2.33. The minimum atomic E-state index is -1.08. The number of nitrogen functional groups attached to an aromatic ring is 1. The summed E-state index contributed by atoms with van der Waals surface area (Å²) in [5, 5.41) is 11.7. The minimum absolute atomic E-state index is 0.0123. The van der Waals surface area contributed by atoms with Gasteiger partial charge in [0.1, 0.15) is 23.7 Å². The predicted octanol–water partition coefficient (Wildman–Crippen LogP) is 2.23. The Morgan fingerprint density at radius 3 is 1.45 bits per heavy atom. The molecule has 8 aromatic heterocycles. The van der Waals surface area contributed by atoms with Crippen LogP contribution in [0.5, 0.6) is 0 Å². The topological polar surface area (TPSA) is 326 Å². The van der Waals surface area contributed by atoms with Crippen LogP contribution in [-0.4, -0.2) is 118 Å². The van der Waals surface area contributed by atoms with Gasteiger partial charge < -0.3 is 35.1 Å². The SMILES string of the molecule is CC1(C)CCCN1c1ncc(-c2nccc(N)n2)cn1.C[C@@H](C(=O)Nc1ccnc(-c2cnc(N3CCCC3(C)C)nc2)n1)n1cnc2c1c(=O)n(C)c(=O)n2C.C[C@@H](C(=O)O)n1cnc2c1c(=O)n(C)c(=O)n2C. The van der Waals surface area contributed by atoms with Gasteiger partial charge in [-0.05, 0) is 79.4 Å². The maximum atomic E-state index is 13.1. The lowest BCUT2D eigenvalue weighted by Gasteiger charge is -2.31. The molecule has 392 valence electrons. The number of carboxylic acid groups (broad SMARTS) is 1. The van der Waals surface area contributed by atoms with Crippen molar-refractivity contribution >= 4 is 57.7 Å². The number of carbonyl (C=O) groups is 2. The number of rotatable bonds is 9. The molecule has 2 atom stereocenters. The second-order valence-corrected chi connectivity index (χ2v) is 19.5. The lowest BCUT2D eigenvalue weighted by molar-refractivity contribution is -0.140. The molecule has 0 aromatic carbocycles. The molecule has 0 aliphatic carbocycles. The Morgan fingerprint density at radius 2 is 1.04 bits per heavy atom. The highest BCUT2D eigenvalue weighted by molar-refractivity contribution is 5.93. The number of aliphatic carboxylic acids is 1. The number of nitrogens with one attached hydrogen (secondary N) is 1. The van der Waals surface area contributed by atoms with E-state index in [0.717, 1.165) is 53.0 Å². The Balaban J connectivity index is 0.000000165. The number of hydrogen-bond acceptors (Lipinski definition) is 19. The molecule has 10 rings (SSSR count). The van der Waals surface area contributed by atoms with Crippen LogP contribution in [0, 0.1) is 0 Å². The summed E-state index contributed by atoms with van der Waals surface area (Å²) in [6.07, 6.45) is 17.2. The Hall–Kier alpha value is -9.04. The van der Waals surface area contributed by atoms with Crippen molar-refractivity contribution in [1.29, 1.82) is 0 Å². The summed E-state index contributed by atoms with van der Waals surface area (Å²) >= 11 is 0. The minimum Gasteiger partial charge on any atom is -0.480 e. The van der Waals surface area contributed by atoms with Crippen LogP contribution < -0.4 is 43.3 Å². The number of nitrogens with two attached hydrogens (primary N) is 1. The van der Waals surface area contributed by atoms with Crippen LogP contribution in [0.2, 0.25) is 0 Å². The van der Waals surface area contributed by atoms with Gasteiger partial charge in [0.15, 0.2) is 34.0 Å². The molecule has 0 spiro atoms. The maximum absolute atomic E-state index is 13.1. The standard InChI is InChI=1S/C24H28N10O3.C14H18N6.C10H12N4O4/c1-14(33-13-28-19-17(33)21(36)32(5)23(37)31(19)4)20(35)30-16-7-9-25-18(29-16)15-11-26-22(27-12-15)34-10-6-8-24(34,2)3;1-14(2)5-3-7-20(14)13-17-8-10(9-18-13)12-16-6-4-11(15)19-12;1-5(9(16)17)14-4-11-7-6(14)8(15)13(3)10(18)12(7)2/h7,9,11-14H,6,8,10H2,1-5H3,(H,25,29,30,35);4,6,8-9H,3,5,7H2,1-2H3,(H2,15,16,19);4-5H,1-3H3,(H,16,17)/t14-;;5-/m0.0/s1. The van der Waals surface area contributed by atoms with Gasteiger partial charge in [0, 0.05) is 89.5 Å². The number of carboxylic acids is 1. The zero-order chi connectivity index (χ0) is 54.3. The van der Waals surface area contributed by atoms with E-state index in [1.165, 1.54) is 78.7 Å². The smallest absolute Gasteiger partial charge is 0.332 e. The first-order chi connectivity index (χ1) is 35.5. The molecule has 2 aliphatic rings. The third kappa shape index (κ3) is 10.2. The number of imidazole rings is 2. The van der Waals surface area contributed by atoms with Gasteiger partial charge in [-0.3, -0.25) is 32.7 Å². The number of amides is 1. The number of carbonyl (C=O) groups excluding carboxylic acids is 1. The van der Waals surface area contributed by atoms with Gasteiger partial charge in [-0.25, -0.2) is 64.2 Å². The number of hydrogen-bond donors (Lipinski definition) is 3. The van der Waals surface area contributed by atoms with E-state index in [-0.39, 0.29) is 39.2 Å². The highest BCUT2D eigenvalue weighted by Gasteiger charge is 2.35. The molecular weight excluding hydrogens is 969 g/mol. The van der Waals surface area contributed by atoms with Crippen molar-refractivity contribution < 1.29 is 14.7 Å². The molecule has 27 nitrogen and oxygen atoms in total. The maximum Gasteiger partial charge on any atom is 0.332 e. The number of anilines is 4. The van der Waals surface area contributed by atoms with Gasteiger partial charge in [0.25, 0.3) is 11.1 Å². The van der Waals surface area contributed by atoms with E-state index in [1.54, 1.807) is 50.0 Å². The molecule has 0 saturated carbocycles. The Bertz CT molecular complexity index is 3700. The molecule has 0 bridgehead atoms. The third-order valence-electron chi connectivity index (χ3n) is 13.6. The van der Waals surface area contributed by atoms with Crippen molar-refractivity contribution in [2.45, 2.75) is 90.4 Å². The van der Waals surface area contributed by atoms with Crippen molar-refractivity contribution in [1.82, 2.24) is 77.2 Å². The fourth-order valence-corrected chi connectivity index (χ4v) is 8.98. The molecule has 2 aliphatic heterocycles. The molecule has 8 aromatic rings. The molecule has 0 unspecified atom stereocenters.